The van der Waals surface area contributed by atoms with Gasteiger partial charge in [0.25, 0.3) is 5.91 Å². The minimum atomic E-state index is -0.213. The average Bonchev–Trinajstić information content (AvgIpc) is 2.89. The molecule has 8 nitrogen and oxygen atoms in total. The van der Waals surface area contributed by atoms with Gasteiger partial charge in [0, 0.05) is 68.2 Å². The number of carbonyl (C=O) groups excluding carboxylic acids is 2. The Morgan fingerprint density at radius 1 is 0.879 bits per heavy atom. The topological polar surface area (TPSA) is 92.6 Å². The summed E-state index contributed by atoms with van der Waals surface area (Å²) in [5, 5.41) is 11.7. The van der Waals surface area contributed by atoms with Gasteiger partial charge in [-0.25, -0.2) is 4.79 Å². The van der Waals surface area contributed by atoms with Crippen LogP contribution in [0.4, 0.5) is 21.9 Å². The fourth-order valence-electron chi connectivity index (χ4n) is 3.67. The number of aromatic nitrogens is 1. The third-order valence-electron chi connectivity index (χ3n) is 5.67. The van der Waals surface area contributed by atoms with Crippen molar-refractivity contribution in [2.24, 2.45) is 0 Å². The van der Waals surface area contributed by atoms with Crippen LogP contribution >= 0.6 is 0 Å². The molecule has 0 atom stereocenters. The van der Waals surface area contributed by atoms with Gasteiger partial charge >= 0.3 is 6.03 Å². The number of urea groups is 1. The van der Waals surface area contributed by atoms with Crippen LogP contribution in [0, 0.1) is 11.3 Å². The number of hydrogen-bond acceptors (Lipinski definition) is 5. The van der Waals surface area contributed by atoms with Gasteiger partial charge in [0.05, 0.1) is 11.6 Å². The van der Waals surface area contributed by atoms with Crippen LogP contribution in [-0.4, -0.2) is 59.9 Å². The van der Waals surface area contributed by atoms with E-state index in [0.29, 0.717) is 43.0 Å². The van der Waals surface area contributed by atoms with Crippen LogP contribution in [0.15, 0.2) is 73.1 Å². The maximum Gasteiger partial charge on any atom is 0.321 e. The summed E-state index contributed by atoms with van der Waals surface area (Å²) in [5.74, 6) is -0.0414. The van der Waals surface area contributed by atoms with Crippen molar-refractivity contribution in [1.82, 2.24) is 14.8 Å². The zero-order valence-corrected chi connectivity index (χ0v) is 18.3. The van der Waals surface area contributed by atoms with Gasteiger partial charge in [-0.3, -0.25) is 9.78 Å². The third-order valence-corrected chi connectivity index (χ3v) is 5.67. The molecule has 0 spiro atoms. The molecule has 3 aromatic rings. The molecule has 1 N–H and O–H groups in total. The summed E-state index contributed by atoms with van der Waals surface area (Å²) < 4.78 is 0. The normalized spacial score (nSPS) is 13.2. The van der Waals surface area contributed by atoms with E-state index in [9.17, 15) is 9.59 Å². The lowest BCUT2D eigenvalue weighted by molar-refractivity contribution is 0.0671. The second-order valence-electron chi connectivity index (χ2n) is 7.71. The molecule has 0 unspecified atom stereocenters. The van der Waals surface area contributed by atoms with E-state index in [2.05, 4.69) is 16.4 Å². The van der Waals surface area contributed by atoms with Crippen molar-refractivity contribution >= 4 is 29.0 Å². The Bertz CT molecular complexity index is 1150. The van der Waals surface area contributed by atoms with Gasteiger partial charge in [-0.1, -0.05) is 0 Å². The maximum atomic E-state index is 12.9. The Hall–Kier alpha value is -4.38. The lowest BCUT2D eigenvalue weighted by atomic mass is 10.1. The van der Waals surface area contributed by atoms with Gasteiger partial charge in [-0.05, 0) is 60.7 Å². The summed E-state index contributed by atoms with van der Waals surface area (Å²) in [6.45, 7) is 1.85. The molecule has 1 aromatic heterocycles. The first-order valence-electron chi connectivity index (χ1n) is 10.6. The minimum Gasteiger partial charge on any atom is -0.345 e. The molecule has 0 aliphatic carbocycles. The van der Waals surface area contributed by atoms with Crippen LogP contribution in [0.3, 0.4) is 0 Å². The fourth-order valence-corrected chi connectivity index (χ4v) is 3.67. The zero-order chi connectivity index (χ0) is 23.2. The smallest absolute Gasteiger partial charge is 0.321 e. The lowest BCUT2D eigenvalue weighted by Crippen LogP contribution is -2.51. The second-order valence-corrected chi connectivity index (χ2v) is 7.71. The number of hydrogen-bond donors (Lipinski definition) is 1. The van der Waals surface area contributed by atoms with E-state index in [1.165, 1.54) is 0 Å². The van der Waals surface area contributed by atoms with Crippen LogP contribution in [0.5, 0.6) is 0 Å². The number of nitriles is 1. The first-order valence-corrected chi connectivity index (χ1v) is 10.6. The number of pyridine rings is 1. The maximum absolute atomic E-state index is 12.9. The molecule has 33 heavy (non-hydrogen) atoms. The van der Waals surface area contributed by atoms with Crippen molar-refractivity contribution in [3.63, 3.8) is 0 Å². The molecular formula is C25H24N6O2. The number of nitrogens with zero attached hydrogens (tertiary/aromatic N) is 5. The summed E-state index contributed by atoms with van der Waals surface area (Å²) in [6, 6.07) is 19.9. The predicted molar refractivity (Wildman–Crippen MR) is 126 cm³/mol. The van der Waals surface area contributed by atoms with Crippen LogP contribution in [-0.2, 0) is 0 Å². The minimum absolute atomic E-state index is 0.0414. The van der Waals surface area contributed by atoms with E-state index in [4.69, 9.17) is 5.26 Å². The number of benzene rings is 2. The number of nitrogens with one attached hydrogen (secondary N) is 1. The first-order chi connectivity index (χ1) is 16.0. The van der Waals surface area contributed by atoms with E-state index in [1.54, 1.807) is 46.5 Å². The molecule has 0 saturated carbocycles. The highest BCUT2D eigenvalue weighted by molar-refractivity contribution is 5.95. The van der Waals surface area contributed by atoms with E-state index in [0.717, 1.165) is 11.4 Å². The molecule has 3 amide bonds. The predicted octanol–water partition coefficient (Wildman–Crippen LogP) is 3.71. The molecule has 0 bridgehead atoms. The van der Waals surface area contributed by atoms with E-state index in [-0.39, 0.29) is 11.9 Å². The van der Waals surface area contributed by atoms with Crippen molar-refractivity contribution in [2.45, 2.75) is 0 Å². The molecule has 2 aromatic carbocycles. The molecule has 1 aliphatic heterocycles. The van der Waals surface area contributed by atoms with Crippen LogP contribution in [0.25, 0.3) is 0 Å². The van der Waals surface area contributed by atoms with Crippen molar-refractivity contribution in [1.29, 1.82) is 5.26 Å². The SMILES string of the molecule is CN(c1ccncc1)c1ccc(C(=O)N2CCN(C(=O)Nc3ccc(C#N)cc3)CC2)cc1. The Labute approximate surface area is 192 Å². The fraction of sp³-hybridized carbons (Fsp3) is 0.200. The third kappa shape index (κ3) is 5.10. The summed E-state index contributed by atoms with van der Waals surface area (Å²) in [7, 11) is 1.97. The quantitative estimate of drug-likeness (QED) is 0.668. The van der Waals surface area contributed by atoms with Gasteiger partial charge < -0.3 is 20.0 Å². The Balaban J connectivity index is 1.31. The monoisotopic (exact) mass is 440 g/mol. The van der Waals surface area contributed by atoms with Gasteiger partial charge in [-0.2, -0.15) is 5.26 Å². The van der Waals surface area contributed by atoms with Gasteiger partial charge in [0.2, 0.25) is 0 Å². The van der Waals surface area contributed by atoms with Gasteiger partial charge in [-0.15, -0.1) is 0 Å². The molecular weight excluding hydrogens is 416 g/mol. The van der Waals surface area contributed by atoms with Gasteiger partial charge in [0.15, 0.2) is 0 Å². The van der Waals surface area contributed by atoms with Crippen molar-refractivity contribution in [2.75, 3.05) is 43.4 Å². The van der Waals surface area contributed by atoms with Crippen molar-refractivity contribution < 1.29 is 9.59 Å². The number of piperazine rings is 1. The van der Waals surface area contributed by atoms with E-state index >= 15 is 0 Å². The summed E-state index contributed by atoms with van der Waals surface area (Å²) in [6.07, 6.45) is 3.49. The van der Waals surface area contributed by atoms with Crippen LogP contribution < -0.4 is 10.2 Å². The second kappa shape index (κ2) is 9.83. The van der Waals surface area contributed by atoms with Crippen molar-refractivity contribution in [3.05, 3.63) is 84.2 Å². The molecule has 8 heteroatoms. The summed E-state index contributed by atoms with van der Waals surface area (Å²) in [5.41, 5.74) is 3.78. The van der Waals surface area contributed by atoms with Crippen molar-refractivity contribution in [3.8, 4) is 6.07 Å². The highest BCUT2D eigenvalue weighted by atomic mass is 16.2. The molecule has 4 rings (SSSR count). The number of rotatable bonds is 4. The molecule has 1 aliphatic rings. The van der Waals surface area contributed by atoms with Gasteiger partial charge in [0.1, 0.15) is 0 Å². The molecule has 0 radical (unpaired) electrons. The van der Waals surface area contributed by atoms with E-state index < -0.39 is 0 Å². The lowest BCUT2D eigenvalue weighted by Gasteiger charge is -2.34. The standard InChI is InChI=1S/C25H24N6O2/c1-29(23-10-12-27-13-11-23)22-8-4-20(5-9-22)24(32)30-14-16-31(17-15-30)25(33)28-21-6-2-19(18-26)3-7-21/h2-13H,14-17H2,1H3,(H,28,33). The van der Waals surface area contributed by atoms with E-state index in [1.807, 2.05) is 48.3 Å². The van der Waals surface area contributed by atoms with Crippen LogP contribution in [0.1, 0.15) is 15.9 Å². The average molecular weight is 441 g/mol. The Kier molecular flexibility index (Phi) is 6.51. The molecule has 1 saturated heterocycles. The summed E-state index contributed by atoms with van der Waals surface area (Å²) >= 11 is 0. The first kappa shape index (κ1) is 21.8. The Morgan fingerprint density at radius 2 is 1.45 bits per heavy atom. The number of amides is 3. The largest absolute Gasteiger partial charge is 0.345 e. The molecule has 166 valence electrons. The number of carbonyl (C=O) groups is 2. The van der Waals surface area contributed by atoms with Crippen LogP contribution in [0.2, 0.25) is 0 Å². The number of anilines is 3. The zero-order valence-electron chi connectivity index (χ0n) is 18.3. The Morgan fingerprint density at radius 3 is 2.06 bits per heavy atom. The highest BCUT2D eigenvalue weighted by Crippen LogP contribution is 2.23. The molecule has 2 heterocycles. The highest BCUT2D eigenvalue weighted by Gasteiger charge is 2.25. The summed E-state index contributed by atoms with van der Waals surface area (Å²) in [4.78, 5) is 35.0. The molecule has 1 fully saturated rings.